The molecule has 0 heterocycles. The van der Waals surface area contributed by atoms with Crippen molar-refractivity contribution in [2.24, 2.45) is 11.7 Å². The first-order chi connectivity index (χ1) is 9.97. The van der Waals surface area contributed by atoms with Crippen LogP contribution in [0.2, 0.25) is 0 Å². The van der Waals surface area contributed by atoms with Crippen molar-refractivity contribution < 1.29 is 18.4 Å². The Labute approximate surface area is 121 Å². The summed E-state index contributed by atoms with van der Waals surface area (Å²) in [6.07, 6.45) is 2.04. The molecule has 1 aromatic rings. The quantitative estimate of drug-likeness (QED) is 0.753. The van der Waals surface area contributed by atoms with Gasteiger partial charge in [-0.3, -0.25) is 9.59 Å². The molecule has 1 aliphatic rings. The van der Waals surface area contributed by atoms with E-state index in [1.165, 1.54) is 0 Å². The van der Waals surface area contributed by atoms with E-state index in [0.29, 0.717) is 18.5 Å². The summed E-state index contributed by atoms with van der Waals surface area (Å²) in [5.74, 6) is -1.97. The van der Waals surface area contributed by atoms with E-state index in [0.717, 1.165) is 25.0 Å². The summed E-state index contributed by atoms with van der Waals surface area (Å²) in [6, 6.07) is 2.72. The third-order valence-corrected chi connectivity index (χ3v) is 3.57. The van der Waals surface area contributed by atoms with Gasteiger partial charge in [0, 0.05) is 31.5 Å². The van der Waals surface area contributed by atoms with Crippen molar-refractivity contribution in [1.82, 2.24) is 5.32 Å². The standard InChI is InChI=1S/C15H18F2N2O2/c16-10-3-4-11(12(17)7-10)14(20)5-6-15(21)19-8-13(18)9-1-2-9/h3-4,7,9,13H,1-2,5-6,8,18H2,(H,19,21). The number of hydrogen-bond donors (Lipinski definition) is 2. The molecule has 1 saturated carbocycles. The van der Waals surface area contributed by atoms with Crippen molar-refractivity contribution in [2.75, 3.05) is 6.54 Å². The number of amides is 1. The first-order valence-electron chi connectivity index (χ1n) is 6.98. The minimum atomic E-state index is -0.906. The van der Waals surface area contributed by atoms with Crippen LogP contribution in [0.3, 0.4) is 0 Å². The Balaban J connectivity index is 1.76. The summed E-state index contributed by atoms with van der Waals surface area (Å²) in [7, 11) is 0. The molecule has 0 aromatic heterocycles. The lowest BCUT2D eigenvalue weighted by Gasteiger charge is -2.11. The normalized spacial score (nSPS) is 15.6. The van der Waals surface area contributed by atoms with E-state index >= 15 is 0 Å². The molecule has 1 unspecified atom stereocenters. The van der Waals surface area contributed by atoms with Crippen molar-refractivity contribution in [3.8, 4) is 0 Å². The maximum absolute atomic E-state index is 13.4. The summed E-state index contributed by atoms with van der Waals surface area (Å²) in [5.41, 5.74) is 5.65. The zero-order valence-corrected chi connectivity index (χ0v) is 11.6. The molecule has 3 N–H and O–H groups in total. The predicted octanol–water partition coefficient (Wildman–Crippen LogP) is 1.78. The number of carbonyl (C=O) groups is 2. The number of nitrogens with two attached hydrogens (primary N) is 1. The Morgan fingerprint density at radius 2 is 2.00 bits per heavy atom. The van der Waals surface area contributed by atoms with Gasteiger partial charge in [0.05, 0.1) is 5.56 Å². The Bertz CT molecular complexity index is 544. The average Bonchev–Trinajstić information content (AvgIpc) is 3.26. The lowest BCUT2D eigenvalue weighted by Crippen LogP contribution is -2.38. The number of halogens is 2. The van der Waals surface area contributed by atoms with Crippen molar-refractivity contribution in [1.29, 1.82) is 0 Å². The van der Waals surface area contributed by atoms with Crippen molar-refractivity contribution in [3.63, 3.8) is 0 Å². The number of rotatable bonds is 7. The highest BCUT2D eigenvalue weighted by molar-refractivity contribution is 5.98. The van der Waals surface area contributed by atoms with Gasteiger partial charge < -0.3 is 11.1 Å². The van der Waals surface area contributed by atoms with Crippen LogP contribution in [0.15, 0.2) is 18.2 Å². The summed E-state index contributed by atoms with van der Waals surface area (Å²) in [4.78, 5) is 23.4. The van der Waals surface area contributed by atoms with Crippen molar-refractivity contribution in [2.45, 2.75) is 31.7 Å². The van der Waals surface area contributed by atoms with Gasteiger partial charge in [0.15, 0.2) is 5.78 Å². The fraction of sp³-hybridized carbons (Fsp3) is 0.467. The van der Waals surface area contributed by atoms with Gasteiger partial charge >= 0.3 is 0 Å². The number of hydrogen-bond acceptors (Lipinski definition) is 3. The van der Waals surface area contributed by atoms with Gasteiger partial charge in [0.2, 0.25) is 5.91 Å². The van der Waals surface area contributed by atoms with E-state index in [-0.39, 0.29) is 30.4 Å². The van der Waals surface area contributed by atoms with Crippen LogP contribution in [0.1, 0.15) is 36.0 Å². The molecule has 1 amide bonds. The highest BCUT2D eigenvalue weighted by Gasteiger charge is 2.28. The van der Waals surface area contributed by atoms with Crippen LogP contribution in [-0.2, 0) is 4.79 Å². The van der Waals surface area contributed by atoms with Gasteiger partial charge in [0.1, 0.15) is 11.6 Å². The minimum absolute atomic E-state index is 0.0347. The van der Waals surface area contributed by atoms with E-state index in [1.807, 2.05) is 0 Å². The molecule has 114 valence electrons. The van der Waals surface area contributed by atoms with E-state index < -0.39 is 17.4 Å². The smallest absolute Gasteiger partial charge is 0.220 e. The molecule has 0 spiro atoms. The number of benzene rings is 1. The van der Waals surface area contributed by atoms with Crippen LogP contribution in [0.4, 0.5) is 8.78 Å². The fourth-order valence-electron chi connectivity index (χ4n) is 2.09. The van der Waals surface area contributed by atoms with Gasteiger partial charge in [0.25, 0.3) is 0 Å². The van der Waals surface area contributed by atoms with Crippen LogP contribution in [-0.4, -0.2) is 24.3 Å². The SMILES string of the molecule is NC(CNC(=O)CCC(=O)c1ccc(F)cc1F)C1CC1. The molecule has 1 aromatic carbocycles. The molecule has 1 atom stereocenters. The van der Waals surface area contributed by atoms with Gasteiger partial charge in [-0.1, -0.05) is 0 Å². The number of nitrogens with one attached hydrogen (secondary N) is 1. The van der Waals surface area contributed by atoms with Crippen molar-refractivity contribution >= 4 is 11.7 Å². The Hall–Kier alpha value is -1.82. The minimum Gasteiger partial charge on any atom is -0.355 e. The van der Waals surface area contributed by atoms with E-state index in [1.54, 1.807) is 0 Å². The van der Waals surface area contributed by atoms with Crippen LogP contribution < -0.4 is 11.1 Å². The Kier molecular flexibility index (Phi) is 5.01. The number of carbonyl (C=O) groups excluding carboxylic acids is 2. The highest BCUT2D eigenvalue weighted by atomic mass is 19.1. The zero-order valence-electron chi connectivity index (χ0n) is 11.6. The largest absolute Gasteiger partial charge is 0.355 e. The second kappa shape index (κ2) is 6.76. The molecular weight excluding hydrogens is 278 g/mol. The summed E-state index contributed by atoms with van der Waals surface area (Å²) >= 11 is 0. The molecule has 0 saturated heterocycles. The average molecular weight is 296 g/mol. The molecule has 4 nitrogen and oxygen atoms in total. The number of ketones is 1. The molecule has 1 aliphatic carbocycles. The molecule has 0 radical (unpaired) electrons. The first kappa shape index (κ1) is 15.6. The molecule has 1 fully saturated rings. The number of Topliss-reactive ketones (excluding diaryl/α,β-unsaturated/α-hetero) is 1. The van der Waals surface area contributed by atoms with Gasteiger partial charge in [-0.15, -0.1) is 0 Å². The first-order valence-corrected chi connectivity index (χ1v) is 6.98. The maximum Gasteiger partial charge on any atom is 0.220 e. The topological polar surface area (TPSA) is 72.2 Å². The Morgan fingerprint density at radius 1 is 1.29 bits per heavy atom. The third kappa shape index (κ3) is 4.60. The fourth-order valence-corrected chi connectivity index (χ4v) is 2.09. The molecule has 21 heavy (non-hydrogen) atoms. The predicted molar refractivity (Wildman–Crippen MR) is 73.6 cm³/mol. The molecule has 0 aliphatic heterocycles. The molecule has 2 rings (SSSR count). The lowest BCUT2D eigenvalue weighted by atomic mass is 10.1. The second-order valence-electron chi connectivity index (χ2n) is 5.35. The van der Waals surface area contributed by atoms with Gasteiger partial charge in [-0.2, -0.15) is 0 Å². The monoisotopic (exact) mass is 296 g/mol. The third-order valence-electron chi connectivity index (χ3n) is 3.57. The van der Waals surface area contributed by atoms with E-state index in [2.05, 4.69) is 5.32 Å². The van der Waals surface area contributed by atoms with Crippen LogP contribution in [0, 0.1) is 17.6 Å². The molecule has 0 bridgehead atoms. The summed E-state index contributed by atoms with van der Waals surface area (Å²) < 4.78 is 26.1. The summed E-state index contributed by atoms with van der Waals surface area (Å²) in [5, 5.41) is 2.66. The Morgan fingerprint density at radius 3 is 2.62 bits per heavy atom. The maximum atomic E-state index is 13.4. The van der Waals surface area contributed by atoms with Crippen LogP contribution in [0.25, 0.3) is 0 Å². The summed E-state index contributed by atoms with van der Waals surface area (Å²) in [6.45, 7) is 0.391. The highest BCUT2D eigenvalue weighted by Crippen LogP contribution is 2.31. The molecular formula is C15H18F2N2O2. The van der Waals surface area contributed by atoms with Gasteiger partial charge in [-0.05, 0) is 30.9 Å². The molecule has 6 heteroatoms. The van der Waals surface area contributed by atoms with Gasteiger partial charge in [-0.25, -0.2) is 8.78 Å². The van der Waals surface area contributed by atoms with E-state index in [4.69, 9.17) is 5.73 Å². The zero-order chi connectivity index (χ0) is 15.4. The van der Waals surface area contributed by atoms with E-state index in [9.17, 15) is 18.4 Å². The lowest BCUT2D eigenvalue weighted by molar-refractivity contribution is -0.121. The van der Waals surface area contributed by atoms with Crippen LogP contribution in [0.5, 0.6) is 0 Å². The van der Waals surface area contributed by atoms with Crippen molar-refractivity contribution in [3.05, 3.63) is 35.4 Å². The van der Waals surface area contributed by atoms with Crippen LogP contribution >= 0.6 is 0 Å². The second-order valence-corrected chi connectivity index (χ2v) is 5.35.